The lowest BCUT2D eigenvalue weighted by Gasteiger charge is -2.19. The normalized spacial score (nSPS) is 8.12. The maximum Gasteiger partial charge on any atom is 0.312 e. The van der Waals surface area contributed by atoms with Gasteiger partial charge in [-0.3, -0.25) is 0 Å². The van der Waals surface area contributed by atoms with E-state index in [9.17, 15) is 14.8 Å². The van der Waals surface area contributed by atoms with Crippen molar-refractivity contribution in [1.29, 1.82) is 0 Å². The molecule has 8 heavy (non-hydrogen) atoms. The van der Waals surface area contributed by atoms with Gasteiger partial charge < -0.3 is 21.7 Å². The zero-order valence-corrected chi connectivity index (χ0v) is 3.83. The molecule has 0 aliphatic rings. The molecule has 0 unspecified atom stereocenters. The first-order valence-corrected chi connectivity index (χ1v) is 1.62. The number of hydrogen-bond donors (Lipinski definition) is 2. The van der Waals surface area contributed by atoms with E-state index in [1.165, 1.54) is 0 Å². The van der Waals surface area contributed by atoms with Gasteiger partial charge in [0.05, 0.1) is 0 Å². The maximum absolute atomic E-state index is 9.81. The minimum absolute atomic E-state index is 0.639. The molecule has 4 amide bonds. The van der Waals surface area contributed by atoms with Crippen molar-refractivity contribution < 1.29 is 9.59 Å². The maximum atomic E-state index is 9.81. The van der Waals surface area contributed by atoms with Crippen molar-refractivity contribution in [2.24, 2.45) is 11.5 Å². The van der Waals surface area contributed by atoms with Crippen molar-refractivity contribution in [1.82, 2.24) is 5.06 Å². The van der Waals surface area contributed by atoms with Crippen LogP contribution in [0.3, 0.4) is 0 Å². The first-order valence-electron chi connectivity index (χ1n) is 1.62. The van der Waals surface area contributed by atoms with Gasteiger partial charge in [-0.1, -0.05) is 0 Å². The molecule has 0 spiro atoms. The number of rotatable bonds is 0. The van der Waals surface area contributed by atoms with Crippen LogP contribution in [-0.2, 0) is 0 Å². The van der Waals surface area contributed by atoms with Gasteiger partial charge in [0, 0.05) is 0 Å². The SMILES string of the molecule is NC(=O)N([O-])C(N)=O. The van der Waals surface area contributed by atoms with E-state index in [-0.39, 0.29) is 0 Å². The Bertz CT molecular complexity index is 108. The van der Waals surface area contributed by atoms with Gasteiger partial charge >= 0.3 is 12.1 Å². The van der Waals surface area contributed by atoms with Crippen molar-refractivity contribution in [2.45, 2.75) is 0 Å². The Labute approximate surface area is 44.6 Å². The Morgan fingerprint density at radius 1 is 1.25 bits per heavy atom. The zero-order valence-electron chi connectivity index (χ0n) is 3.83. The molecular weight excluding hydrogens is 114 g/mol. The van der Waals surface area contributed by atoms with Gasteiger partial charge in [-0.2, -0.15) is 0 Å². The standard InChI is InChI=1S/C2H4N3O3/c3-1(6)5(8)2(4)7/h(H2,3,6)(H2,4,7)/q-1. The summed E-state index contributed by atoms with van der Waals surface area (Å²) in [6, 6.07) is -2.81. The van der Waals surface area contributed by atoms with Crippen molar-refractivity contribution in [3.8, 4) is 0 Å². The van der Waals surface area contributed by atoms with Gasteiger partial charge in [0.25, 0.3) is 0 Å². The first-order chi connectivity index (χ1) is 3.55. The molecule has 0 heterocycles. The highest BCUT2D eigenvalue weighted by Crippen LogP contribution is 1.78. The number of amides is 4. The topological polar surface area (TPSA) is 112 Å². The summed E-state index contributed by atoms with van der Waals surface area (Å²) in [5.41, 5.74) is 8.62. The van der Waals surface area contributed by atoms with E-state index in [1.54, 1.807) is 0 Å². The van der Waals surface area contributed by atoms with Crippen LogP contribution in [0.1, 0.15) is 0 Å². The molecule has 0 aromatic carbocycles. The number of imide groups is 1. The Kier molecular flexibility index (Phi) is 1.78. The molecular formula is C2H4N3O3-. The van der Waals surface area contributed by atoms with Crippen LogP contribution in [0.4, 0.5) is 9.59 Å². The van der Waals surface area contributed by atoms with E-state index in [0.717, 1.165) is 0 Å². The van der Waals surface area contributed by atoms with Crippen LogP contribution in [0.5, 0.6) is 0 Å². The molecule has 46 valence electrons. The molecule has 0 fully saturated rings. The smallest absolute Gasteiger partial charge is 0.312 e. The summed E-state index contributed by atoms with van der Waals surface area (Å²) in [5.74, 6) is 0. The monoisotopic (exact) mass is 118 g/mol. The molecule has 4 N–H and O–H groups in total. The fourth-order valence-corrected chi connectivity index (χ4v) is 0.109. The summed E-state index contributed by atoms with van der Waals surface area (Å²) in [6.07, 6.45) is 0. The predicted octanol–water partition coefficient (Wildman–Crippen LogP) is -1.06. The lowest BCUT2D eigenvalue weighted by molar-refractivity contribution is 0.211. The predicted molar refractivity (Wildman–Crippen MR) is 24.4 cm³/mol. The zero-order chi connectivity index (χ0) is 6.73. The molecule has 0 rings (SSSR count). The molecule has 0 aliphatic heterocycles. The number of nitrogens with two attached hydrogens (primary N) is 2. The van der Waals surface area contributed by atoms with E-state index in [2.05, 4.69) is 11.5 Å². The number of urea groups is 2. The third-order valence-electron chi connectivity index (χ3n) is 0.400. The Morgan fingerprint density at radius 3 is 1.50 bits per heavy atom. The van der Waals surface area contributed by atoms with Crippen LogP contribution in [0.25, 0.3) is 0 Å². The number of nitrogens with zero attached hydrogens (tertiary/aromatic N) is 1. The van der Waals surface area contributed by atoms with E-state index in [1.807, 2.05) is 0 Å². The molecule has 0 bridgehead atoms. The van der Waals surface area contributed by atoms with Gasteiger partial charge in [0.2, 0.25) is 0 Å². The second-order valence-electron chi connectivity index (χ2n) is 0.971. The molecule has 0 aromatic heterocycles. The summed E-state index contributed by atoms with van der Waals surface area (Å²) in [7, 11) is 0. The molecule has 0 atom stereocenters. The van der Waals surface area contributed by atoms with Gasteiger partial charge in [0.1, 0.15) is 0 Å². The summed E-state index contributed by atoms with van der Waals surface area (Å²) >= 11 is 0. The van der Waals surface area contributed by atoms with E-state index in [0.29, 0.717) is 0 Å². The largest absolute Gasteiger partial charge is 0.747 e. The quantitative estimate of drug-likeness (QED) is 0.395. The van der Waals surface area contributed by atoms with E-state index >= 15 is 0 Å². The number of hydroxylamine groups is 2. The lowest BCUT2D eigenvalue weighted by atomic mass is 10.9. The molecule has 0 radical (unpaired) electrons. The van der Waals surface area contributed by atoms with Gasteiger partial charge in [0.15, 0.2) is 0 Å². The third kappa shape index (κ3) is 1.43. The van der Waals surface area contributed by atoms with E-state index < -0.39 is 17.1 Å². The second kappa shape index (κ2) is 2.12. The summed E-state index contributed by atoms with van der Waals surface area (Å²) in [5, 5.41) is 9.17. The highest BCUT2D eigenvalue weighted by atomic mass is 16.5. The highest BCUT2D eigenvalue weighted by molar-refractivity contribution is 5.92. The average molecular weight is 118 g/mol. The first kappa shape index (κ1) is 6.70. The minimum Gasteiger partial charge on any atom is -0.747 e. The number of hydrogen-bond acceptors (Lipinski definition) is 3. The number of carbonyl (C=O) groups excluding carboxylic acids is 2. The lowest BCUT2D eigenvalue weighted by Crippen LogP contribution is -2.39. The molecule has 0 aliphatic carbocycles. The summed E-state index contributed by atoms with van der Waals surface area (Å²) < 4.78 is 0. The van der Waals surface area contributed by atoms with Gasteiger partial charge in [-0.15, -0.1) is 0 Å². The fourth-order valence-electron chi connectivity index (χ4n) is 0.109. The second-order valence-corrected chi connectivity index (χ2v) is 0.971. The van der Waals surface area contributed by atoms with Crippen LogP contribution in [-0.4, -0.2) is 17.1 Å². The van der Waals surface area contributed by atoms with Crippen LogP contribution in [0.15, 0.2) is 0 Å². The summed E-state index contributed by atoms with van der Waals surface area (Å²) in [4.78, 5) is 19.4. The number of primary amides is 2. The van der Waals surface area contributed by atoms with Crippen molar-refractivity contribution in [2.75, 3.05) is 0 Å². The Morgan fingerprint density at radius 2 is 1.50 bits per heavy atom. The fraction of sp³-hybridized carbons (Fsp3) is 0. The van der Waals surface area contributed by atoms with Crippen LogP contribution in [0, 0.1) is 5.21 Å². The third-order valence-corrected chi connectivity index (χ3v) is 0.400. The van der Waals surface area contributed by atoms with Crippen LogP contribution < -0.4 is 11.5 Å². The number of carbonyl (C=O) groups is 2. The molecule has 6 heteroatoms. The minimum atomic E-state index is -1.41. The Hall–Kier alpha value is -1.30. The summed E-state index contributed by atoms with van der Waals surface area (Å²) in [6.45, 7) is 0. The average Bonchev–Trinajstić information content (AvgIpc) is 1.64. The van der Waals surface area contributed by atoms with Crippen molar-refractivity contribution in [3.05, 3.63) is 5.21 Å². The van der Waals surface area contributed by atoms with Crippen molar-refractivity contribution in [3.63, 3.8) is 0 Å². The molecule has 0 aromatic rings. The van der Waals surface area contributed by atoms with Crippen molar-refractivity contribution >= 4 is 12.1 Å². The van der Waals surface area contributed by atoms with Crippen LogP contribution >= 0.6 is 0 Å². The van der Waals surface area contributed by atoms with Gasteiger partial charge in [-0.25, -0.2) is 9.59 Å². The molecule has 6 nitrogen and oxygen atoms in total. The molecule has 0 saturated carbocycles. The molecule has 0 saturated heterocycles. The Balaban J connectivity index is 3.83. The van der Waals surface area contributed by atoms with E-state index in [4.69, 9.17) is 0 Å². The van der Waals surface area contributed by atoms with Gasteiger partial charge in [-0.05, 0) is 0 Å². The van der Waals surface area contributed by atoms with Crippen LogP contribution in [0.2, 0.25) is 0 Å². The highest BCUT2D eigenvalue weighted by Gasteiger charge is 1.99.